The van der Waals surface area contributed by atoms with Crippen molar-refractivity contribution >= 4 is 27.3 Å². The van der Waals surface area contributed by atoms with E-state index in [1.54, 1.807) is 11.0 Å². The minimum Gasteiger partial charge on any atom is -0.399 e. The molecular weight excluding hydrogens is 292 g/mol. The zero-order chi connectivity index (χ0) is 15.5. The average molecular weight is 312 g/mol. The van der Waals surface area contributed by atoms with E-state index in [9.17, 15) is 13.2 Å². The monoisotopic (exact) mass is 312 g/mol. The zero-order valence-electron chi connectivity index (χ0n) is 11.7. The molecule has 0 saturated carbocycles. The van der Waals surface area contributed by atoms with E-state index in [-0.39, 0.29) is 23.0 Å². The lowest BCUT2D eigenvalue weighted by Gasteiger charge is -2.27. The number of carbonyl (C=O) groups is 1. The predicted octanol–water partition coefficient (Wildman–Crippen LogP) is 0.341. The SMILES string of the molecule is Nc1ccc(NCC(=O)N2CCCCC2)c(S(N)(=O)=O)c1. The number of hydrogen-bond donors (Lipinski definition) is 3. The van der Waals surface area contributed by atoms with Crippen molar-refractivity contribution in [2.24, 2.45) is 5.14 Å². The van der Waals surface area contributed by atoms with Crippen LogP contribution in [0, 0.1) is 0 Å². The van der Waals surface area contributed by atoms with Gasteiger partial charge in [-0.3, -0.25) is 4.79 Å². The number of nitrogens with zero attached hydrogens (tertiary/aromatic N) is 1. The van der Waals surface area contributed by atoms with Crippen molar-refractivity contribution in [2.75, 3.05) is 30.7 Å². The summed E-state index contributed by atoms with van der Waals surface area (Å²) in [5, 5.41) is 8.00. The number of nitrogen functional groups attached to an aromatic ring is 1. The molecular formula is C13H20N4O3S. The van der Waals surface area contributed by atoms with Gasteiger partial charge in [0.2, 0.25) is 15.9 Å². The van der Waals surface area contributed by atoms with Crippen molar-refractivity contribution < 1.29 is 13.2 Å². The third-order valence-electron chi connectivity index (χ3n) is 3.45. The van der Waals surface area contributed by atoms with Crippen LogP contribution < -0.4 is 16.2 Å². The van der Waals surface area contributed by atoms with Gasteiger partial charge in [-0.2, -0.15) is 0 Å². The molecule has 5 N–H and O–H groups in total. The molecule has 1 heterocycles. The second-order valence-electron chi connectivity index (χ2n) is 5.10. The van der Waals surface area contributed by atoms with E-state index in [0.29, 0.717) is 5.69 Å². The third-order valence-corrected chi connectivity index (χ3v) is 4.40. The van der Waals surface area contributed by atoms with Crippen LogP contribution in [0.1, 0.15) is 19.3 Å². The minimum absolute atomic E-state index is 0.0342. The van der Waals surface area contributed by atoms with Gasteiger partial charge in [-0.05, 0) is 37.5 Å². The van der Waals surface area contributed by atoms with Gasteiger partial charge in [-0.25, -0.2) is 13.6 Å². The van der Waals surface area contributed by atoms with Crippen LogP contribution in [0.2, 0.25) is 0 Å². The van der Waals surface area contributed by atoms with Gasteiger partial charge in [-0.15, -0.1) is 0 Å². The zero-order valence-corrected chi connectivity index (χ0v) is 12.5. The molecule has 1 fully saturated rings. The van der Waals surface area contributed by atoms with Gasteiger partial charge in [0.05, 0.1) is 12.2 Å². The number of rotatable bonds is 4. The van der Waals surface area contributed by atoms with E-state index in [0.717, 1.165) is 32.4 Å². The lowest BCUT2D eigenvalue weighted by molar-refractivity contribution is -0.130. The molecule has 0 aliphatic carbocycles. The molecule has 0 radical (unpaired) electrons. The smallest absolute Gasteiger partial charge is 0.241 e. The van der Waals surface area contributed by atoms with E-state index in [4.69, 9.17) is 10.9 Å². The Morgan fingerprint density at radius 3 is 2.52 bits per heavy atom. The quantitative estimate of drug-likeness (QED) is 0.693. The first-order valence-corrected chi connectivity index (χ1v) is 8.36. The maximum Gasteiger partial charge on any atom is 0.241 e. The fourth-order valence-corrected chi connectivity index (χ4v) is 3.09. The van der Waals surface area contributed by atoms with E-state index in [1.807, 2.05) is 0 Å². The molecule has 0 spiro atoms. The summed E-state index contributed by atoms with van der Waals surface area (Å²) in [6, 6.07) is 4.35. The van der Waals surface area contributed by atoms with Crippen LogP contribution in [0.25, 0.3) is 0 Å². The number of piperidine rings is 1. The van der Waals surface area contributed by atoms with Crippen LogP contribution in [0.5, 0.6) is 0 Å². The lowest BCUT2D eigenvalue weighted by atomic mass is 10.1. The highest BCUT2D eigenvalue weighted by Gasteiger charge is 2.18. The van der Waals surface area contributed by atoms with Crippen LogP contribution in [-0.2, 0) is 14.8 Å². The molecule has 2 rings (SSSR count). The summed E-state index contributed by atoms with van der Waals surface area (Å²) < 4.78 is 23.1. The van der Waals surface area contributed by atoms with Crippen LogP contribution >= 0.6 is 0 Å². The number of benzene rings is 1. The first-order chi connectivity index (χ1) is 9.88. The predicted molar refractivity (Wildman–Crippen MR) is 81.1 cm³/mol. The van der Waals surface area contributed by atoms with Crippen molar-refractivity contribution in [3.63, 3.8) is 0 Å². The molecule has 0 unspecified atom stereocenters. The first-order valence-electron chi connectivity index (χ1n) is 6.82. The molecule has 1 aromatic rings. The Morgan fingerprint density at radius 1 is 1.24 bits per heavy atom. The highest BCUT2D eigenvalue weighted by Crippen LogP contribution is 2.22. The number of anilines is 2. The fraction of sp³-hybridized carbons (Fsp3) is 0.462. The van der Waals surface area contributed by atoms with Gasteiger partial charge >= 0.3 is 0 Å². The van der Waals surface area contributed by atoms with Crippen molar-refractivity contribution in [3.05, 3.63) is 18.2 Å². The molecule has 21 heavy (non-hydrogen) atoms. The topological polar surface area (TPSA) is 119 Å². The van der Waals surface area contributed by atoms with Crippen LogP contribution in [0.4, 0.5) is 11.4 Å². The Morgan fingerprint density at radius 2 is 1.90 bits per heavy atom. The van der Waals surface area contributed by atoms with Crippen molar-refractivity contribution in [1.82, 2.24) is 4.90 Å². The Labute approximate surface area is 124 Å². The maximum absolute atomic E-state index is 12.1. The van der Waals surface area contributed by atoms with Gasteiger partial charge in [0.25, 0.3) is 0 Å². The first kappa shape index (κ1) is 15.6. The number of amides is 1. The minimum atomic E-state index is -3.90. The number of likely N-dealkylation sites (tertiary alicyclic amines) is 1. The second kappa shape index (κ2) is 6.31. The number of hydrogen-bond acceptors (Lipinski definition) is 5. The molecule has 0 aromatic heterocycles. The number of carbonyl (C=O) groups excluding carboxylic acids is 1. The average Bonchev–Trinajstić information content (AvgIpc) is 2.45. The summed E-state index contributed by atoms with van der Waals surface area (Å²) in [6.45, 7) is 1.54. The Bertz CT molecular complexity index is 624. The summed E-state index contributed by atoms with van der Waals surface area (Å²) in [4.78, 5) is 13.7. The number of sulfonamides is 1. The third kappa shape index (κ3) is 4.08. The fourth-order valence-electron chi connectivity index (χ4n) is 2.35. The van der Waals surface area contributed by atoms with Crippen molar-refractivity contribution in [3.8, 4) is 0 Å². The molecule has 1 aromatic carbocycles. The molecule has 1 saturated heterocycles. The van der Waals surface area contributed by atoms with Crippen molar-refractivity contribution in [1.29, 1.82) is 0 Å². The van der Waals surface area contributed by atoms with E-state index in [2.05, 4.69) is 5.32 Å². The summed E-state index contributed by atoms with van der Waals surface area (Å²) in [6.07, 6.45) is 3.16. The van der Waals surface area contributed by atoms with Crippen molar-refractivity contribution in [2.45, 2.75) is 24.2 Å². The van der Waals surface area contributed by atoms with E-state index >= 15 is 0 Å². The molecule has 8 heteroatoms. The maximum atomic E-state index is 12.1. The van der Waals surface area contributed by atoms with Crippen LogP contribution in [0.3, 0.4) is 0 Å². The summed E-state index contributed by atoms with van der Waals surface area (Å²) in [5.74, 6) is -0.0492. The van der Waals surface area contributed by atoms with Gasteiger partial charge in [-0.1, -0.05) is 0 Å². The Hall–Kier alpha value is -1.80. The molecule has 0 bridgehead atoms. The molecule has 7 nitrogen and oxygen atoms in total. The highest BCUT2D eigenvalue weighted by atomic mass is 32.2. The van der Waals surface area contributed by atoms with E-state index in [1.165, 1.54) is 12.1 Å². The largest absolute Gasteiger partial charge is 0.399 e. The molecule has 1 aliphatic rings. The molecule has 1 aliphatic heterocycles. The van der Waals surface area contributed by atoms with Crippen LogP contribution in [0.15, 0.2) is 23.1 Å². The lowest BCUT2D eigenvalue weighted by Crippen LogP contribution is -2.39. The molecule has 1 amide bonds. The normalized spacial score (nSPS) is 15.8. The number of nitrogens with one attached hydrogen (secondary N) is 1. The number of nitrogens with two attached hydrogens (primary N) is 2. The molecule has 116 valence electrons. The highest BCUT2D eigenvalue weighted by molar-refractivity contribution is 7.89. The van der Waals surface area contributed by atoms with Gasteiger partial charge in [0, 0.05) is 18.8 Å². The second-order valence-corrected chi connectivity index (χ2v) is 6.63. The molecule has 0 atom stereocenters. The summed E-state index contributed by atoms with van der Waals surface area (Å²) in [5.41, 5.74) is 6.16. The standard InChI is InChI=1S/C13H20N4O3S/c14-10-4-5-11(12(8-10)21(15,19)20)16-9-13(18)17-6-2-1-3-7-17/h4-5,8,16H,1-3,6-7,9,14H2,(H2,15,19,20). The van der Waals surface area contributed by atoms with Crippen LogP contribution in [-0.4, -0.2) is 38.9 Å². The van der Waals surface area contributed by atoms with Gasteiger partial charge in [0.1, 0.15) is 4.90 Å². The van der Waals surface area contributed by atoms with Gasteiger partial charge < -0.3 is 16.0 Å². The Balaban J connectivity index is 2.08. The summed E-state index contributed by atoms with van der Waals surface area (Å²) >= 11 is 0. The van der Waals surface area contributed by atoms with Gasteiger partial charge in [0.15, 0.2) is 0 Å². The summed E-state index contributed by atoms with van der Waals surface area (Å²) in [7, 11) is -3.90. The van der Waals surface area contributed by atoms with E-state index < -0.39 is 10.0 Å². The Kier molecular flexibility index (Phi) is 4.69. The number of primary sulfonamides is 1.